The number of hydrogen-bond donors (Lipinski definition) is 0. The summed E-state index contributed by atoms with van der Waals surface area (Å²) in [5.74, 6) is 0.239. The quantitative estimate of drug-likeness (QED) is 0.126. The second-order valence-corrected chi connectivity index (χ2v) is 8.14. The van der Waals surface area contributed by atoms with Crippen LogP contribution in [0.5, 0.6) is 11.5 Å². The van der Waals surface area contributed by atoms with Gasteiger partial charge in [0, 0.05) is 11.6 Å². The van der Waals surface area contributed by atoms with Crippen molar-refractivity contribution >= 4 is 22.8 Å². The zero-order valence-corrected chi connectivity index (χ0v) is 20.3. The molecule has 8 heteroatoms. The lowest BCUT2D eigenvalue weighted by Crippen LogP contribution is -2.09. The Morgan fingerprint density at radius 3 is 2.51 bits per heavy atom. The Morgan fingerprint density at radius 2 is 1.76 bits per heavy atom. The van der Waals surface area contributed by atoms with Crippen molar-refractivity contribution in [1.82, 2.24) is 4.98 Å². The molecule has 1 heterocycles. The molecular weight excluding hydrogens is 474 g/mol. The molecular formula is C29H25NO7. The number of carbonyl (C=O) groups excluding carboxylic acids is 2. The van der Waals surface area contributed by atoms with Gasteiger partial charge in [0.1, 0.15) is 11.5 Å². The summed E-state index contributed by atoms with van der Waals surface area (Å²) in [4.78, 5) is 40.3. The third kappa shape index (κ3) is 6.49. The predicted molar refractivity (Wildman–Crippen MR) is 138 cm³/mol. The summed E-state index contributed by atoms with van der Waals surface area (Å²) in [6.45, 7) is 5.90. The van der Waals surface area contributed by atoms with Crippen LogP contribution in [0.4, 0.5) is 0 Å². The number of aromatic nitrogens is 1. The molecule has 0 saturated carbocycles. The lowest BCUT2D eigenvalue weighted by molar-refractivity contribution is -0.137. The lowest BCUT2D eigenvalue weighted by atomic mass is 10.1. The van der Waals surface area contributed by atoms with Crippen molar-refractivity contribution < 1.29 is 28.2 Å². The third-order valence-electron chi connectivity index (χ3n) is 5.47. The van der Waals surface area contributed by atoms with Gasteiger partial charge in [-0.3, -0.25) is 0 Å². The molecule has 0 aliphatic carbocycles. The van der Waals surface area contributed by atoms with Crippen LogP contribution in [0.3, 0.4) is 0 Å². The maximum absolute atomic E-state index is 12.7. The molecule has 0 spiro atoms. The third-order valence-corrected chi connectivity index (χ3v) is 5.47. The number of fused-ring (bicyclic) bond motifs is 1. The Kier molecular flexibility index (Phi) is 8.10. The van der Waals surface area contributed by atoms with Crippen molar-refractivity contribution in [3.63, 3.8) is 0 Å². The van der Waals surface area contributed by atoms with Gasteiger partial charge in [-0.2, -0.15) is 0 Å². The number of aryl methyl sites for hydroxylation is 1. The second-order valence-electron chi connectivity index (χ2n) is 8.14. The molecule has 0 amide bonds. The number of esters is 2. The molecule has 0 aliphatic heterocycles. The van der Waals surface area contributed by atoms with Gasteiger partial charge in [-0.15, -0.1) is 0 Å². The van der Waals surface area contributed by atoms with E-state index in [0.29, 0.717) is 65.1 Å². The van der Waals surface area contributed by atoms with Crippen LogP contribution in [-0.2, 0) is 9.53 Å². The van der Waals surface area contributed by atoms with E-state index in [2.05, 4.69) is 11.6 Å². The fraction of sp³-hybridized carbons (Fsp3) is 0.172. The van der Waals surface area contributed by atoms with Crippen molar-refractivity contribution in [3.05, 3.63) is 101 Å². The van der Waals surface area contributed by atoms with Crippen LogP contribution in [0.1, 0.15) is 28.8 Å². The van der Waals surface area contributed by atoms with E-state index >= 15 is 0 Å². The van der Waals surface area contributed by atoms with Crippen LogP contribution in [0.2, 0.25) is 0 Å². The molecule has 0 radical (unpaired) electrons. The zero-order chi connectivity index (χ0) is 26.2. The van der Waals surface area contributed by atoms with Crippen LogP contribution in [0, 0.1) is 6.92 Å². The average molecular weight is 500 g/mol. The van der Waals surface area contributed by atoms with E-state index < -0.39 is 17.6 Å². The number of nitrogens with zero attached hydrogens (tertiary/aromatic N) is 1. The van der Waals surface area contributed by atoms with Crippen molar-refractivity contribution in [3.8, 4) is 23.0 Å². The first kappa shape index (κ1) is 25.4. The molecule has 37 heavy (non-hydrogen) atoms. The molecule has 4 aromatic rings. The molecule has 0 bridgehead atoms. The molecule has 1 aromatic heterocycles. The largest absolute Gasteiger partial charge is 0.494 e. The van der Waals surface area contributed by atoms with Gasteiger partial charge in [-0.25, -0.2) is 19.4 Å². The summed E-state index contributed by atoms with van der Waals surface area (Å²) in [6.07, 6.45) is 2.51. The number of rotatable bonds is 10. The number of benzene rings is 3. The fourth-order valence-corrected chi connectivity index (χ4v) is 3.51. The SMILES string of the molecule is C=CC(=O)OCCCCOc1ccc(C(=O)Oc2ccc(-c3nc4ccccc4c(=O)o3)cc2C)cc1. The Labute approximate surface area is 213 Å². The summed E-state index contributed by atoms with van der Waals surface area (Å²) in [7, 11) is 0. The normalized spacial score (nSPS) is 10.6. The zero-order valence-electron chi connectivity index (χ0n) is 20.3. The van der Waals surface area contributed by atoms with Gasteiger partial charge in [0.15, 0.2) is 0 Å². The minimum absolute atomic E-state index is 0.193. The molecule has 188 valence electrons. The summed E-state index contributed by atoms with van der Waals surface area (Å²) in [5, 5.41) is 0.413. The summed E-state index contributed by atoms with van der Waals surface area (Å²) < 4.78 is 21.5. The van der Waals surface area contributed by atoms with Crippen LogP contribution in [0.25, 0.3) is 22.4 Å². The lowest BCUT2D eigenvalue weighted by Gasteiger charge is -2.10. The first-order valence-corrected chi connectivity index (χ1v) is 11.7. The van der Waals surface area contributed by atoms with E-state index in [1.807, 2.05) is 0 Å². The number of ether oxygens (including phenoxy) is 3. The summed E-state index contributed by atoms with van der Waals surface area (Å²) in [6, 6.07) is 18.7. The molecule has 0 aliphatic rings. The van der Waals surface area contributed by atoms with Crippen LogP contribution >= 0.6 is 0 Å². The van der Waals surface area contributed by atoms with E-state index in [-0.39, 0.29) is 5.89 Å². The highest BCUT2D eigenvalue weighted by atomic mass is 16.5. The van der Waals surface area contributed by atoms with E-state index in [4.69, 9.17) is 18.6 Å². The van der Waals surface area contributed by atoms with Crippen LogP contribution in [-0.4, -0.2) is 30.1 Å². The Balaban J connectivity index is 1.34. The van der Waals surface area contributed by atoms with E-state index in [0.717, 1.165) is 6.08 Å². The minimum atomic E-state index is -0.512. The van der Waals surface area contributed by atoms with E-state index in [9.17, 15) is 14.4 Å². The van der Waals surface area contributed by atoms with Crippen LogP contribution < -0.4 is 15.1 Å². The Morgan fingerprint density at radius 1 is 1.00 bits per heavy atom. The van der Waals surface area contributed by atoms with Crippen molar-refractivity contribution in [2.75, 3.05) is 13.2 Å². The Bertz CT molecular complexity index is 1490. The van der Waals surface area contributed by atoms with Gasteiger partial charge in [-0.05, 0) is 79.9 Å². The van der Waals surface area contributed by atoms with Crippen molar-refractivity contribution in [2.24, 2.45) is 0 Å². The molecule has 0 atom stereocenters. The highest BCUT2D eigenvalue weighted by molar-refractivity contribution is 5.91. The predicted octanol–water partition coefficient (Wildman–Crippen LogP) is 5.27. The molecule has 0 N–H and O–H groups in total. The maximum atomic E-state index is 12.7. The van der Waals surface area contributed by atoms with Gasteiger partial charge < -0.3 is 18.6 Å². The van der Waals surface area contributed by atoms with E-state index in [1.54, 1.807) is 73.7 Å². The molecule has 4 rings (SSSR count). The Hall–Kier alpha value is -4.72. The number of hydrogen-bond acceptors (Lipinski definition) is 8. The second kappa shape index (κ2) is 11.8. The molecule has 8 nitrogen and oxygen atoms in total. The van der Waals surface area contributed by atoms with Gasteiger partial charge in [0.05, 0.1) is 29.7 Å². The summed E-state index contributed by atoms with van der Waals surface area (Å²) in [5.41, 5.74) is 1.73. The standard InChI is InChI=1S/C29H25NO7/c1-3-26(31)35-17-7-6-16-34-22-13-10-20(11-14-22)28(32)36-25-15-12-21(18-19(25)2)27-30-24-9-5-4-8-23(24)29(33)37-27/h3-5,8-15,18H,1,6-7,16-17H2,2H3. The van der Waals surface area contributed by atoms with Crippen LogP contribution in [0.15, 0.2) is 88.6 Å². The van der Waals surface area contributed by atoms with Crippen molar-refractivity contribution in [1.29, 1.82) is 0 Å². The first-order chi connectivity index (χ1) is 17.9. The molecule has 3 aromatic carbocycles. The number of unbranched alkanes of at least 4 members (excludes halogenated alkanes) is 1. The van der Waals surface area contributed by atoms with Gasteiger partial charge in [-0.1, -0.05) is 18.7 Å². The molecule has 0 fully saturated rings. The highest BCUT2D eigenvalue weighted by Crippen LogP contribution is 2.26. The minimum Gasteiger partial charge on any atom is -0.494 e. The van der Waals surface area contributed by atoms with E-state index in [1.165, 1.54) is 0 Å². The topological polar surface area (TPSA) is 105 Å². The van der Waals surface area contributed by atoms with Gasteiger partial charge >= 0.3 is 17.6 Å². The maximum Gasteiger partial charge on any atom is 0.347 e. The molecule has 0 saturated heterocycles. The highest BCUT2D eigenvalue weighted by Gasteiger charge is 2.14. The average Bonchev–Trinajstić information content (AvgIpc) is 2.91. The first-order valence-electron chi connectivity index (χ1n) is 11.7. The monoisotopic (exact) mass is 499 g/mol. The molecule has 0 unspecified atom stereocenters. The fourth-order valence-electron chi connectivity index (χ4n) is 3.51. The number of para-hydroxylation sites is 1. The van der Waals surface area contributed by atoms with Gasteiger partial charge in [0.2, 0.25) is 5.89 Å². The smallest absolute Gasteiger partial charge is 0.347 e. The summed E-state index contributed by atoms with van der Waals surface area (Å²) >= 11 is 0. The van der Waals surface area contributed by atoms with Gasteiger partial charge in [0.25, 0.3) is 0 Å². The van der Waals surface area contributed by atoms with Crippen molar-refractivity contribution in [2.45, 2.75) is 19.8 Å². The number of carbonyl (C=O) groups is 2.